The molecule has 5 heteroatoms. The lowest BCUT2D eigenvalue weighted by Gasteiger charge is -2.45. The first-order chi connectivity index (χ1) is 12.1. The molecular weight excluding hydrogens is 314 g/mol. The van der Waals surface area contributed by atoms with E-state index < -0.39 is 11.5 Å². The number of hydrogen-bond acceptors (Lipinski definition) is 4. The smallest absolute Gasteiger partial charge is 0.0695 e. The van der Waals surface area contributed by atoms with E-state index >= 15 is 0 Å². The Bertz CT molecular complexity index is 683. The van der Waals surface area contributed by atoms with Crippen LogP contribution in [0.15, 0.2) is 30.5 Å². The molecule has 1 aromatic carbocycles. The van der Waals surface area contributed by atoms with Gasteiger partial charge in [-0.3, -0.25) is 10.00 Å². The third-order valence-corrected chi connectivity index (χ3v) is 5.48. The van der Waals surface area contributed by atoms with Gasteiger partial charge in [0.05, 0.1) is 24.6 Å². The lowest BCUT2D eigenvalue weighted by molar-refractivity contribution is -0.0819. The van der Waals surface area contributed by atoms with Crippen molar-refractivity contribution in [3.63, 3.8) is 0 Å². The molecule has 3 rings (SSSR count). The zero-order chi connectivity index (χ0) is 17.9. The second kappa shape index (κ2) is 7.68. The van der Waals surface area contributed by atoms with Gasteiger partial charge in [-0.1, -0.05) is 43.2 Å². The summed E-state index contributed by atoms with van der Waals surface area (Å²) in [4.78, 5) is 2.33. The van der Waals surface area contributed by atoms with Gasteiger partial charge in [0.1, 0.15) is 0 Å². The average molecular weight is 343 g/mol. The van der Waals surface area contributed by atoms with Gasteiger partial charge in [0.25, 0.3) is 0 Å². The maximum atomic E-state index is 10.4. The van der Waals surface area contributed by atoms with Crippen LogP contribution in [0.5, 0.6) is 0 Å². The quantitative estimate of drug-likeness (QED) is 0.754. The highest BCUT2D eigenvalue weighted by molar-refractivity contribution is 5.62. The Morgan fingerprint density at radius 2 is 2.08 bits per heavy atom. The van der Waals surface area contributed by atoms with Crippen molar-refractivity contribution in [2.24, 2.45) is 5.41 Å². The van der Waals surface area contributed by atoms with E-state index in [-0.39, 0.29) is 6.61 Å². The van der Waals surface area contributed by atoms with Crippen LogP contribution < -0.4 is 0 Å². The summed E-state index contributed by atoms with van der Waals surface area (Å²) in [7, 11) is 0. The third kappa shape index (κ3) is 3.78. The first-order valence-corrected chi connectivity index (χ1v) is 9.18. The van der Waals surface area contributed by atoms with Gasteiger partial charge >= 0.3 is 0 Å². The summed E-state index contributed by atoms with van der Waals surface area (Å²) >= 11 is 0. The molecule has 136 valence electrons. The molecule has 2 atom stereocenters. The molecule has 1 saturated heterocycles. The van der Waals surface area contributed by atoms with Crippen molar-refractivity contribution in [1.29, 1.82) is 0 Å². The summed E-state index contributed by atoms with van der Waals surface area (Å²) in [6, 6.07) is 8.44. The van der Waals surface area contributed by atoms with E-state index in [2.05, 4.69) is 53.2 Å². The SMILES string of the molecule is CCC[C@@]1(CO)CN(Cc2cn[nH]c2-c2ccc(C)cc2)CC[C@@H]1O. The van der Waals surface area contributed by atoms with Crippen molar-refractivity contribution in [3.8, 4) is 11.3 Å². The third-order valence-electron chi connectivity index (χ3n) is 5.48. The molecule has 0 saturated carbocycles. The highest BCUT2D eigenvalue weighted by atomic mass is 16.3. The van der Waals surface area contributed by atoms with Crippen LogP contribution in [-0.4, -0.2) is 51.1 Å². The number of likely N-dealkylation sites (tertiary alicyclic amines) is 1. The summed E-state index contributed by atoms with van der Waals surface area (Å²) in [5.74, 6) is 0. The monoisotopic (exact) mass is 343 g/mol. The molecule has 1 fully saturated rings. The summed E-state index contributed by atoms with van der Waals surface area (Å²) in [6.07, 6.45) is 3.98. The maximum Gasteiger partial charge on any atom is 0.0695 e. The van der Waals surface area contributed by atoms with Crippen LogP contribution in [0.1, 0.15) is 37.3 Å². The zero-order valence-electron chi connectivity index (χ0n) is 15.2. The molecule has 25 heavy (non-hydrogen) atoms. The molecule has 0 aliphatic carbocycles. The van der Waals surface area contributed by atoms with E-state index in [9.17, 15) is 10.2 Å². The fraction of sp³-hybridized carbons (Fsp3) is 0.550. The molecule has 1 aromatic heterocycles. The van der Waals surface area contributed by atoms with Gasteiger partial charge in [-0.15, -0.1) is 0 Å². The number of aryl methyl sites for hydroxylation is 1. The first kappa shape index (κ1) is 18.1. The number of hydrogen-bond donors (Lipinski definition) is 3. The predicted octanol–water partition coefficient (Wildman–Crippen LogP) is 2.73. The Labute approximate surface area is 149 Å². The lowest BCUT2D eigenvalue weighted by Crippen LogP contribution is -2.53. The summed E-state index contributed by atoms with van der Waals surface area (Å²) < 4.78 is 0. The molecule has 0 spiro atoms. The highest BCUT2D eigenvalue weighted by Crippen LogP contribution is 2.35. The van der Waals surface area contributed by atoms with E-state index in [1.807, 2.05) is 6.20 Å². The van der Waals surface area contributed by atoms with E-state index in [4.69, 9.17) is 0 Å². The van der Waals surface area contributed by atoms with E-state index in [0.29, 0.717) is 6.42 Å². The molecule has 2 aromatic rings. The van der Waals surface area contributed by atoms with Crippen LogP contribution in [0.4, 0.5) is 0 Å². The van der Waals surface area contributed by atoms with Gasteiger partial charge in [0.2, 0.25) is 0 Å². The Morgan fingerprint density at radius 1 is 1.32 bits per heavy atom. The number of piperidine rings is 1. The molecular formula is C20H29N3O2. The van der Waals surface area contributed by atoms with Crippen LogP contribution in [-0.2, 0) is 6.54 Å². The van der Waals surface area contributed by atoms with Gasteiger partial charge in [0, 0.05) is 30.6 Å². The lowest BCUT2D eigenvalue weighted by atomic mass is 9.74. The van der Waals surface area contributed by atoms with E-state index in [0.717, 1.165) is 49.3 Å². The molecule has 1 aliphatic heterocycles. The Kier molecular flexibility index (Phi) is 5.57. The molecule has 0 amide bonds. The minimum absolute atomic E-state index is 0.0364. The number of H-pyrrole nitrogens is 1. The van der Waals surface area contributed by atoms with Crippen molar-refractivity contribution in [2.75, 3.05) is 19.7 Å². The summed E-state index contributed by atoms with van der Waals surface area (Å²) in [5, 5.41) is 27.8. The van der Waals surface area contributed by atoms with Crippen LogP contribution >= 0.6 is 0 Å². The van der Waals surface area contributed by atoms with Crippen molar-refractivity contribution in [2.45, 2.75) is 45.8 Å². The number of rotatable bonds is 6. The molecule has 0 radical (unpaired) electrons. The standard InChI is InChI=1S/C20H29N3O2/c1-3-9-20(14-24)13-23(10-8-18(20)25)12-17-11-21-22-19(17)16-6-4-15(2)5-7-16/h4-7,11,18,24-25H,3,8-10,12-14H2,1-2H3,(H,21,22)/t18-,20-/m0/s1. The molecule has 0 bridgehead atoms. The average Bonchev–Trinajstić information content (AvgIpc) is 3.07. The number of nitrogens with zero attached hydrogens (tertiary/aromatic N) is 2. The van der Waals surface area contributed by atoms with Gasteiger partial charge in [0.15, 0.2) is 0 Å². The van der Waals surface area contributed by atoms with Crippen molar-refractivity contribution < 1.29 is 10.2 Å². The van der Waals surface area contributed by atoms with E-state index in [1.54, 1.807) is 0 Å². The molecule has 5 nitrogen and oxygen atoms in total. The van der Waals surface area contributed by atoms with Crippen LogP contribution in [0.2, 0.25) is 0 Å². The van der Waals surface area contributed by atoms with Crippen LogP contribution in [0.25, 0.3) is 11.3 Å². The largest absolute Gasteiger partial charge is 0.396 e. The summed E-state index contributed by atoms with van der Waals surface area (Å²) in [6.45, 7) is 6.56. The molecule has 2 heterocycles. The van der Waals surface area contributed by atoms with Gasteiger partial charge in [-0.05, 0) is 25.3 Å². The summed E-state index contributed by atoms with van der Waals surface area (Å²) in [5.41, 5.74) is 4.18. The minimum Gasteiger partial charge on any atom is -0.396 e. The van der Waals surface area contributed by atoms with Crippen LogP contribution in [0.3, 0.4) is 0 Å². The first-order valence-electron chi connectivity index (χ1n) is 9.18. The number of benzene rings is 1. The van der Waals surface area contributed by atoms with Crippen molar-refractivity contribution in [1.82, 2.24) is 15.1 Å². The topological polar surface area (TPSA) is 72.4 Å². The second-order valence-electron chi connectivity index (χ2n) is 7.42. The maximum absolute atomic E-state index is 10.4. The number of aromatic amines is 1. The van der Waals surface area contributed by atoms with Gasteiger partial charge in [-0.2, -0.15) is 5.10 Å². The normalized spacial score (nSPS) is 24.6. The molecule has 0 unspecified atom stereocenters. The highest BCUT2D eigenvalue weighted by Gasteiger charge is 2.41. The number of aliphatic hydroxyl groups excluding tert-OH is 2. The van der Waals surface area contributed by atoms with E-state index in [1.165, 1.54) is 5.56 Å². The number of aromatic nitrogens is 2. The van der Waals surface area contributed by atoms with Crippen molar-refractivity contribution >= 4 is 0 Å². The Hall–Kier alpha value is -1.69. The van der Waals surface area contributed by atoms with Crippen molar-refractivity contribution in [3.05, 3.63) is 41.6 Å². The Morgan fingerprint density at radius 3 is 2.76 bits per heavy atom. The second-order valence-corrected chi connectivity index (χ2v) is 7.42. The zero-order valence-corrected chi connectivity index (χ0v) is 15.2. The minimum atomic E-state index is -0.422. The fourth-order valence-corrected chi connectivity index (χ4v) is 4.00. The van der Waals surface area contributed by atoms with Gasteiger partial charge < -0.3 is 10.2 Å². The Balaban J connectivity index is 1.77. The van der Waals surface area contributed by atoms with Gasteiger partial charge in [-0.25, -0.2) is 0 Å². The predicted molar refractivity (Wildman–Crippen MR) is 99.1 cm³/mol. The number of aliphatic hydroxyl groups is 2. The fourth-order valence-electron chi connectivity index (χ4n) is 4.00. The number of nitrogens with one attached hydrogen (secondary N) is 1. The molecule has 3 N–H and O–H groups in total. The molecule has 1 aliphatic rings. The van der Waals surface area contributed by atoms with Crippen LogP contribution in [0, 0.1) is 12.3 Å².